The number of ether oxygens (including phenoxy) is 1. The van der Waals surface area contributed by atoms with E-state index in [1.54, 1.807) is 0 Å². The van der Waals surface area contributed by atoms with Crippen molar-refractivity contribution < 1.29 is 19.4 Å². The zero-order valence-corrected chi connectivity index (χ0v) is 15.0. The number of unbranched alkanes of at least 4 members (excludes halogenated alkanes) is 3. The van der Waals surface area contributed by atoms with E-state index >= 15 is 0 Å². The molecule has 0 bridgehead atoms. The highest BCUT2D eigenvalue weighted by molar-refractivity contribution is 6.01. The lowest BCUT2D eigenvalue weighted by atomic mass is 9.63. The minimum absolute atomic E-state index is 0.0741. The third-order valence-corrected chi connectivity index (χ3v) is 6.60. The maximum absolute atomic E-state index is 12.6. The van der Waals surface area contributed by atoms with Gasteiger partial charge in [-0.3, -0.25) is 4.79 Å². The van der Waals surface area contributed by atoms with E-state index in [9.17, 15) is 14.7 Å². The molecule has 1 amide bonds. The minimum atomic E-state index is -1.22. The van der Waals surface area contributed by atoms with Gasteiger partial charge in [0.25, 0.3) is 0 Å². The molecule has 0 aromatic carbocycles. The van der Waals surface area contributed by atoms with Crippen molar-refractivity contribution in [3.63, 3.8) is 0 Å². The molecule has 2 saturated heterocycles. The van der Waals surface area contributed by atoms with E-state index in [4.69, 9.17) is 4.74 Å². The summed E-state index contributed by atoms with van der Waals surface area (Å²) in [6.45, 7) is 3.99. The van der Waals surface area contributed by atoms with Crippen LogP contribution in [-0.4, -0.2) is 34.2 Å². The van der Waals surface area contributed by atoms with Crippen LogP contribution >= 0.6 is 0 Å². The Bertz CT molecular complexity index is 502. The van der Waals surface area contributed by atoms with Crippen molar-refractivity contribution in [1.82, 2.24) is 5.32 Å². The van der Waals surface area contributed by atoms with Crippen LogP contribution in [0, 0.1) is 11.8 Å². The molecule has 24 heavy (non-hydrogen) atoms. The number of aliphatic hydroxyl groups excluding tert-OH is 1. The second-order valence-corrected chi connectivity index (χ2v) is 8.04. The molecular weight excluding hydrogens is 306 g/mol. The van der Waals surface area contributed by atoms with Gasteiger partial charge < -0.3 is 15.2 Å². The van der Waals surface area contributed by atoms with Crippen LogP contribution in [0.15, 0.2) is 0 Å². The molecule has 3 fully saturated rings. The number of aliphatic hydroxyl groups is 1. The van der Waals surface area contributed by atoms with Crippen molar-refractivity contribution in [3.05, 3.63) is 0 Å². The highest BCUT2D eigenvalue weighted by atomic mass is 16.6. The molecule has 4 atom stereocenters. The van der Waals surface area contributed by atoms with Crippen molar-refractivity contribution >= 4 is 11.9 Å². The summed E-state index contributed by atoms with van der Waals surface area (Å²) >= 11 is 0. The summed E-state index contributed by atoms with van der Waals surface area (Å²) in [5, 5.41) is 13.9. The molecule has 1 aliphatic carbocycles. The predicted octanol–water partition coefficient (Wildman–Crippen LogP) is 2.70. The summed E-state index contributed by atoms with van der Waals surface area (Å²) in [6.07, 6.45) is 9.40. The minimum Gasteiger partial charge on any atom is -0.453 e. The Kier molecular flexibility index (Phi) is 4.92. The fourth-order valence-electron chi connectivity index (χ4n) is 5.04. The smallest absolute Gasteiger partial charge is 0.339 e. The molecule has 0 aromatic heterocycles. The SMILES string of the molecule is CCCCCC[C@H]1C(=O)N[C@@]2([C@@H](O)C3CCCCC3)C(=O)O[C@@]12C. The van der Waals surface area contributed by atoms with Crippen LogP contribution in [0.25, 0.3) is 0 Å². The molecule has 0 radical (unpaired) electrons. The molecule has 2 aliphatic heterocycles. The molecule has 2 heterocycles. The molecule has 136 valence electrons. The number of amides is 1. The van der Waals surface area contributed by atoms with Gasteiger partial charge in [0.2, 0.25) is 11.4 Å². The Balaban J connectivity index is 1.76. The molecule has 1 saturated carbocycles. The van der Waals surface area contributed by atoms with Gasteiger partial charge in [0.05, 0.1) is 12.0 Å². The van der Waals surface area contributed by atoms with Gasteiger partial charge in [0.1, 0.15) is 0 Å². The van der Waals surface area contributed by atoms with Crippen molar-refractivity contribution in [1.29, 1.82) is 0 Å². The number of rotatable bonds is 7. The van der Waals surface area contributed by atoms with E-state index in [2.05, 4.69) is 12.2 Å². The lowest BCUT2D eigenvalue weighted by Gasteiger charge is -2.55. The van der Waals surface area contributed by atoms with Gasteiger partial charge >= 0.3 is 5.97 Å². The Labute approximate surface area is 144 Å². The fraction of sp³-hybridized carbons (Fsp3) is 0.895. The highest BCUT2D eigenvalue weighted by Crippen LogP contribution is 2.54. The Morgan fingerprint density at radius 3 is 2.54 bits per heavy atom. The molecule has 5 heteroatoms. The maximum atomic E-state index is 12.6. The van der Waals surface area contributed by atoms with Crippen LogP contribution in [0.3, 0.4) is 0 Å². The van der Waals surface area contributed by atoms with Crippen LogP contribution in [0.1, 0.15) is 78.1 Å². The van der Waals surface area contributed by atoms with E-state index in [0.29, 0.717) is 0 Å². The van der Waals surface area contributed by atoms with E-state index in [1.165, 1.54) is 6.42 Å². The highest BCUT2D eigenvalue weighted by Gasteiger charge is 2.79. The second-order valence-electron chi connectivity index (χ2n) is 8.04. The monoisotopic (exact) mass is 337 g/mol. The Morgan fingerprint density at radius 1 is 1.21 bits per heavy atom. The quantitative estimate of drug-likeness (QED) is 0.553. The third-order valence-electron chi connectivity index (χ3n) is 6.60. The van der Waals surface area contributed by atoms with Gasteiger partial charge in [-0.2, -0.15) is 0 Å². The summed E-state index contributed by atoms with van der Waals surface area (Å²) in [6, 6.07) is 0. The third kappa shape index (κ3) is 2.47. The van der Waals surface area contributed by atoms with Gasteiger partial charge in [0, 0.05) is 0 Å². The zero-order chi connectivity index (χ0) is 17.4. The number of carbonyl (C=O) groups excluding carboxylic acids is 2. The van der Waals surface area contributed by atoms with Crippen LogP contribution in [-0.2, 0) is 14.3 Å². The predicted molar refractivity (Wildman–Crippen MR) is 90.2 cm³/mol. The van der Waals surface area contributed by atoms with Crippen molar-refractivity contribution in [2.75, 3.05) is 0 Å². The number of esters is 1. The topological polar surface area (TPSA) is 75.6 Å². The normalized spacial score (nSPS) is 37.4. The lowest BCUT2D eigenvalue weighted by Crippen LogP contribution is -2.80. The first kappa shape index (κ1) is 17.7. The summed E-state index contributed by atoms with van der Waals surface area (Å²) in [4.78, 5) is 25.0. The summed E-state index contributed by atoms with van der Waals surface area (Å²) < 4.78 is 5.52. The first-order chi connectivity index (χ1) is 11.5. The van der Waals surface area contributed by atoms with Crippen molar-refractivity contribution in [3.8, 4) is 0 Å². The van der Waals surface area contributed by atoms with Gasteiger partial charge in [-0.1, -0.05) is 51.9 Å². The summed E-state index contributed by atoms with van der Waals surface area (Å²) in [5.41, 5.74) is -2.12. The summed E-state index contributed by atoms with van der Waals surface area (Å²) in [7, 11) is 0. The zero-order valence-electron chi connectivity index (χ0n) is 15.0. The van der Waals surface area contributed by atoms with Crippen molar-refractivity contribution in [2.24, 2.45) is 11.8 Å². The Morgan fingerprint density at radius 2 is 1.92 bits per heavy atom. The molecule has 2 N–H and O–H groups in total. The number of fused-ring (bicyclic) bond motifs is 1. The first-order valence-corrected chi connectivity index (χ1v) is 9.71. The standard InChI is InChI=1S/C19H31NO4/c1-3-4-5-9-12-14-16(22)20-19(17(23)24-18(14,19)2)15(21)13-10-7-6-8-11-13/h13-15,21H,3-12H2,1-2H3,(H,20,22)/t14-,15-,18-,19-/m0/s1. The molecule has 5 nitrogen and oxygen atoms in total. The largest absolute Gasteiger partial charge is 0.453 e. The molecule has 3 aliphatic rings. The summed E-state index contributed by atoms with van der Waals surface area (Å²) in [5.74, 6) is -0.849. The van der Waals surface area contributed by atoms with E-state index in [-0.39, 0.29) is 17.7 Å². The molecule has 0 spiro atoms. The average Bonchev–Trinajstić information content (AvgIpc) is 2.76. The van der Waals surface area contributed by atoms with E-state index in [0.717, 1.165) is 57.8 Å². The van der Waals surface area contributed by atoms with Crippen molar-refractivity contribution in [2.45, 2.75) is 95.3 Å². The average molecular weight is 337 g/mol. The molecular formula is C19H31NO4. The van der Waals surface area contributed by atoms with Crippen LogP contribution < -0.4 is 5.32 Å². The van der Waals surface area contributed by atoms with Gasteiger partial charge in [0.15, 0.2) is 5.60 Å². The van der Waals surface area contributed by atoms with Gasteiger partial charge in [-0.05, 0) is 32.1 Å². The maximum Gasteiger partial charge on any atom is 0.339 e. The lowest BCUT2D eigenvalue weighted by molar-refractivity contribution is -0.240. The van der Waals surface area contributed by atoms with E-state index in [1.807, 2.05) is 6.92 Å². The number of carbonyl (C=O) groups is 2. The van der Waals surface area contributed by atoms with Crippen LogP contribution in [0.5, 0.6) is 0 Å². The first-order valence-electron chi connectivity index (χ1n) is 9.71. The van der Waals surface area contributed by atoms with Gasteiger partial charge in [-0.25, -0.2) is 4.79 Å². The molecule has 0 aromatic rings. The fourth-order valence-corrected chi connectivity index (χ4v) is 5.04. The molecule has 3 rings (SSSR count). The number of hydrogen-bond donors (Lipinski definition) is 2. The van der Waals surface area contributed by atoms with Crippen LogP contribution in [0.2, 0.25) is 0 Å². The van der Waals surface area contributed by atoms with E-state index < -0.39 is 23.2 Å². The second kappa shape index (κ2) is 6.66. The molecule has 0 unspecified atom stereocenters. The van der Waals surface area contributed by atoms with Gasteiger partial charge in [-0.15, -0.1) is 0 Å². The number of hydrogen-bond acceptors (Lipinski definition) is 4. The van der Waals surface area contributed by atoms with Crippen LogP contribution in [0.4, 0.5) is 0 Å². The number of nitrogens with one attached hydrogen (secondary N) is 1. The Hall–Kier alpha value is -1.10.